The van der Waals surface area contributed by atoms with Crippen LogP contribution in [0.25, 0.3) is 0 Å². The van der Waals surface area contributed by atoms with Gasteiger partial charge >= 0.3 is 0 Å². The second kappa shape index (κ2) is 9.67. The van der Waals surface area contributed by atoms with Crippen LogP contribution in [0.5, 0.6) is 0 Å². The molecule has 1 aromatic rings. The molecule has 0 bridgehead atoms. The third-order valence-electron chi connectivity index (χ3n) is 4.35. The molecule has 2 unspecified atom stereocenters. The summed E-state index contributed by atoms with van der Waals surface area (Å²) in [5.41, 5.74) is 0. The van der Waals surface area contributed by atoms with Crippen molar-refractivity contribution in [3.8, 4) is 0 Å². The lowest BCUT2D eigenvalue weighted by molar-refractivity contribution is -0.122. The molecule has 5 nitrogen and oxygen atoms in total. The summed E-state index contributed by atoms with van der Waals surface area (Å²) in [4.78, 5) is 24.4. The predicted molar refractivity (Wildman–Crippen MR) is 93.7 cm³/mol. The van der Waals surface area contributed by atoms with Crippen LogP contribution in [0.1, 0.15) is 42.3 Å². The highest BCUT2D eigenvalue weighted by Gasteiger charge is 2.21. The Morgan fingerprint density at radius 1 is 1.39 bits per heavy atom. The van der Waals surface area contributed by atoms with Crippen LogP contribution in [0, 0.1) is 11.8 Å². The fourth-order valence-electron chi connectivity index (χ4n) is 2.91. The SMILES string of the molecule is CC(CC(=O)NCCCNC(=O)c1cccs1)C1CCCNC1. The molecule has 1 aliphatic heterocycles. The summed E-state index contributed by atoms with van der Waals surface area (Å²) < 4.78 is 0. The molecule has 2 heterocycles. The van der Waals surface area contributed by atoms with Crippen LogP contribution in [0.3, 0.4) is 0 Å². The highest BCUT2D eigenvalue weighted by Crippen LogP contribution is 2.22. The first kappa shape index (κ1) is 17.9. The van der Waals surface area contributed by atoms with Crippen molar-refractivity contribution >= 4 is 23.2 Å². The minimum atomic E-state index is -0.0373. The molecule has 0 aliphatic carbocycles. The molecule has 0 aromatic carbocycles. The van der Waals surface area contributed by atoms with E-state index < -0.39 is 0 Å². The monoisotopic (exact) mass is 337 g/mol. The molecule has 2 amide bonds. The van der Waals surface area contributed by atoms with Gasteiger partial charge in [0, 0.05) is 19.5 Å². The van der Waals surface area contributed by atoms with Gasteiger partial charge in [-0.25, -0.2) is 0 Å². The smallest absolute Gasteiger partial charge is 0.261 e. The van der Waals surface area contributed by atoms with E-state index in [-0.39, 0.29) is 11.8 Å². The average Bonchev–Trinajstić information content (AvgIpc) is 3.09. The molecule has 2 atom stereocenters. The number of piperidine rings is 1. The lowest BCUT2D eigenvalue weighted by Crippen LogP contribution is -2.36. The Morgan fingerprint density at radius 3 is 2.91 bits per heavy atom. The second-order valence-electron chi connectivity index (χ2n) is 6.22. The third-order valence-corrected chi connectivity index (χ3v) is 5.22. The summed E-state index contributed by atoms with van der Waals surface area (Å²) in [5.74, 6) is 1.11. The van der Waals surface area contributed by atoms with Gasteiger partial charge in [0.25, 0.3) is 5.91 Å². The number of carbonyl (C=O) groups is 2. The Labute approximate surface area is 142 Å². The number of thiophene rings is 1. The molecular weight excluding hydrogens is 310 g/mol. The Balaban J connectivity index is 1.53. The highest BCUT2D eigenvalue weighted by molar-refractivity contribution is 7.12. The van der Waals surface area contributed by atoms with E-state index >= 15 is 0 Å². The minimum Gasteiger partial charge on any atom is -0.356 e. The van der Waals surface area contributed by atoms with Gasteiger partial charge in [-0.1, -0.05) is 13.0 Å². The quantitative estimate of drug-likeness (QED) is 0.636. The van der Waals surface area contributed by atoms with Gasteiger partial charge in [-0.05, 0) is 55.6 Å². The van der Waals surface area contributed by atoms with Gasteiger partial charge in [0.05, 0.1) is 4.88 Å². The largest absolute Gasteiger partial charge is 0.356 e. The summed E-state index contributed by atoms with van der Waals surface area (Å²) >= 11 is 1.43. The number of amides is 2. The summed E-state index contributed by atoms with van der Waals surface area (Å²) in [6.07, 6.45) is 3.77. The van der Waals surface area contributed by atoms with E-state index in [4.69, 9.17) is 0 Å². The van der Waals surface area contributed by atoms with E-state index in [0.717, 1.165) is 24.4 Å². The fraction of sp³-hybridized carbons (Fsp3) is 0.647. The zero-order chi connectivity index (χ0) is 16.5. The maximum Gasteiger partial charge on any atom is 0.261 e. The average molecular weight is 337 g/mol. The molecule has 1 aromatic heterocycles. The highest BCUT2D eigenvalue weighted by atomic mass is 32.1. The molecule has 1 saturated heterocycles. The molecule has 23 heavy (non-hydrogen) atoms. The number of nitrogens with one attached hydrogen (secondary N) is 3. The molecule has 0 spiro atoms. The second-order valence-corrected chi connectivity index (χ2v) is 7.17. The topological polar surface area (TPSA) is 70.2 Å². The van der Waals surface area contributed by atoms with Crippen LogP contribution in [0.2, 0.25) is 0 Å². The maximum atomic E-state index is 12.0. The summed E-state index contributed by atoms with van der Waals surface area (Å²) in [5, 5.41) is 11.1. The number of carbonyl (C=O) groups excluding carboxylic acids is 2. The van der Waals surface area contributed by atoms with Crippen LogP contribution in [-0.4, -0.2) is 38.0 Å². The van der Waals surface area contributed by atoms with Crippen molar-refractivity contribution < 1.29 is 9.59 Å². The standard InChI is InChI=1S/C17H27N3O2S/c1-13(14-5-2-7-18-12-14)11-16(21)19-8-4-9-20-17(22)15-6-3-10-23-15/h3,6,10,13-14,18H,2,4-5,7-9,11-12H2,1H3,(H,19,21)(H,20,22). The molecule has 0 saturated carbocycles. The zero-order valence-electron chi connectivity index (χ0n) is 13.8. The number of hydrogen-bond acceptors (Lipinski definition) is 4. The van der Waals surface area contributed by atoms with Crippen molar-refractivity contribution in [3.63, 3.8) is 0 Å². The molecular formula is C17H27N3O2S. The molecule has 1 fully saturated rings. The van der Waals surface area contributed by atoms with E-state index in [1.54, 1.807) is 0 Å². The van der Waals surface area contributed by atoms with Crippen LogP contribution >= 0.6 is 11.3 Å². The zero-order valence-corrected chi connectivity index (χ0v) is 14.6. The number of rotatable bonds is 8. The van der Waals surface area contributed by atoms with Crippen LogP contribution in [0.4, 0.5) is 0 Å². The van der Waals surface area contributed by atoms with Crippen LogP contribution < -0.4 is 16.0 Å². The van der Waals surface area contributed by atoms with Crippen molar-refractivity contribution in [1.82, 2.24) is 16.0 Å². The lowest BCUT2D eigenvalue weighted by atomic mass is 9.85. The molecule has 6 heteroatoms. The van der Waals surface area contributed by atoms with Gasteiger partial charge < -0.3 is 16.0 Å². The minimum absolute atomic E-state index is 0.0373. The van der Waals surface area contributed by atoms with Crippen molar-refractivity contribution in [1.29, 1.82) is 0 Å². The first-order valence-electron chi connectivity index (χ1n) is 8.46. The van der Waals surface area contributed by atoms with E-state index in [1.807, 2.05) is 17.5 Å². The van der Waals surface area contributed by atoms with Crippen molar-refractivity contribution in [3.05, 3.63) is 22.4 Å². The van der Waals surface area contributed by atoms with E-state index in [2.05, 4.69) is 22.9 Å². The van der Waals surface area contributed by atoms with Crippen molar-refractivity contribution in [2.24, 2.45) is 11.8 Å². The lowest BCUT2D eigenvalue weighted by Gasteiger charge is -2.28. The van der Waals surface area contributed by atoms with Crippen LogP contribution in [-0.2, 0) is 4.79 Å². The van der Waals surface area contributed by atoms with Gasteiger partial charge in [-0.2, -0.15) is 0 Å². The molecule has 3 N–H and O–H groups in total. The Morgan fingerprint density at radius 2 is 2.22 bits per heavy atom. The summed E-state index contributed by atoms with van der Waals surface area (Å²) in [7, 11) is 0. The Hall–Kier alpha value is -1.40. The van der Waals surface area contributed by atoms with Crippen LogP contribution in [0.15, 0.2) is 17.5 Å². The van der Waals surface area contributed by atoms with Gasteiger partial charge in [0.1, 0.15) is 0 Å². The maximum absolute atomic E-state index is 12.0. The first-order valence-corrected chi connectivity index (χ1v) is 9.34. The molecule has 0 radical (unpaired) electrons. The Kier molecular flexibility index (Phi) is 7.55. The first-order chi connectivity index (χ1) is 11.2. The van der Waals surface area contributed by atoms with Gasteiger partial charge in [-0.15, -0.1) is 11.3 Å². The molecule has 128 valence electrons. The molecule has 2 rings (SSSR count). The van der Waals surface area contributed by atoms with Crippen molar-refractivity contribution in [2.75, 3.05) is 26.2 Å². The van der Waals surface area contributed by atoms with Crippen molar-refractivity contribution in [2.45, 2.75) is 32.6 Å². The van der Waals surface area contributed by atoms with Gasteiger partial charge in [0.15, 0.2) is 0 Å². The van der Waals surface area contributed by atoms with E-state index in [0.29, 0.717) is 31.3 Å². The molecule has 1 aliphatic rings. The normalized spacial score (nSPS) is 19.1. The van der Waals surface area contributed by atoms with E-state index in [9.17, 15) is 9.59 Å². The van der Waals surface area contributed by atoms with Gasteiger partial charge in [0.2, 0.25) is 5.91 Å². The van der Waals surface area contributed by atoms with E-state index in [1.165, 1.54) is 24.2 Å². The summed E-state index contributed by atoms with van der Waals surface area (Å²) in [6, 6.07) is 3.67. The summed E-state index contributed by atoms with van der Waals surface area (Å²) in [6.45, 7) is 5.49. The van der Waals surface area contributed by atoms with Gasteiger partial charge in [-0.3, -0.25) is 9.59 Å². The predicted octanol–water partition coefficient (Wildman–Crippen LogP) is 2.01. The third kappa shape index (κ3) is 6.31. The number of hydrogen-bond donors (Lipinski definition) is 3. The Bertz CT molecular complexity index is 484. The fourth-order valence-corrected chi connectivity index (χ4v) is 3.55.